The Bertz CT molecular complexity index is 276. The molecule has 0 saturated heterocycles. The average Bonchev–Trinajstić information content (AvgIpc) is 2.39. The molecule has 0 bridgehead atoms. The number of hydrazine groups is 1. The number of nitrogens with two attached hydrogens (primary N) is 1. The SMILES string of the molecule is CCCCCCCCC(NN)c1ccnnc1. The molecule has 0 saturated carbocycles. The Balaban J connectivity index is 2.20. The Morgan fingerprint density at radius 1 is 1.18 bits per heavy atom. The van der Waals surface area contributed by atoms with Gasteiger partial charge in [-0.2, -0.15) is 10.2 Å². The van der Waals surface area contributed by atoms with Gasteiger partial charge in [-0.25, -0.2) is 0 Å². The standard InChI is InChI=1S/C13H24N4/c1-2-3-4-5-6-7-8-13(17-14)12-9-10-15-16-11-12/h9-11,13,17H,2-8,14H2,1H3. The van der Waals surface area contributed by atoms with Gasteiger partial charge in [0.25, 0.3) is 0 Å². The molecule has 17 heavy (non-hydrogen) atoms. The van der Waals surface area contributed by atoms with Gasteiger partial charge in [0.2, 0.25) is 0 Å². The second kappa shape index (κ2) is 9.07. The van der Waals surface area contributed by atoms with Crippen molar-refractivity contribution in [1.82, 2.24) is 15.6 Å². The zero-order chi connectivity index (χ0) is 12.3. The van der Waals surface area contributed by atoms with Crippen LogP contribution < -0.4 is 11.3 Å². The van der Waals surface area contributed by atoms with Gasteiger partial charge in [-0.15, -0.1) is 0 Å². The molecule has 0 aromatic carbocycles. The molecule has 1 unspecified atom stereocenters. The molecule has 0 aliphatic rings. The molecule has 96 valence electrons. The quantitative estimate of drug-likeness (QED) is 0.393. The van der Waals surface area contributed by atoms with Gasteiger partial charge in [-0.3, -0.25) is 11.3 Å². The molecular weight excluding hydrogens is 212 g/mol. The van der Waals surface area contributed by atoms with Crippen LogP contribution in [0.2, 0.25) is 0 Å². The molecular formula is C13H24N4. The van der Waals surface area contributed by atoms with Crippen LogP contribution in [-0.2, 0) is 0 Å². The second-order valence-electron chi connectivity index (χ2n) is 4.45. The summed E-state index contributed by atoms with van der Waals surface area (Å²) in [7, 11) is 0. The summed E-state index contributed by atoms with van der Waals surface area (Å²) in [6, 6.07) is 2.17. The van der Waals surface area contributed by atoms with Gasteiger partial charge in [0.1, 0.15) is 0 Å². The molecule has 0 aliphatic carbocycles. The number of aromatic nitrogens is 2. The zero-order valence-corrected chi connectivity index (χ0v) is 10.7. The maximum absolute atomic E-state index is 5.57. The molecule has 1 rings (SSSR count). The molecule has 1 aromatic heterocycles. The van der Waals surface area contributed by atoms with Crippen molar-refractivity contribution in [3.05, 3.63) is 24.0 Å². The molecule has 0 aliphatic heterocycles. The smallest absolute Gasteiger partial charge is 0.0544 e. The van der Waals surface area contributed by atoms with Crippen molar-refractivity contribution in [2.75, 3.05) is 0 Å². The van der Waals surface area contributed by atoms with Crippen molar-refractivity contribution in [3.63, 3.8) is 0 Å². The predicted octanol–water partition coefficient (Wildman–Crippen LogP) is 2.73. The number of nitrogens with zero attached hydrogens (tertiary/aromatic N) is 2. The number of unbranched alkanes of at least 4 members (excludes halogenated alkanes) is 5. The van der Waals surface area contributed by atoms with Crippen LogP contribution in [0.3, 0.4) is 0 Å². The predicted molar refractivity (Wildman–Crippen MR) is 70.1 cm³/mol. The summed E-state index contributed by atoms with van der Waals surface area (Å²) in [6.07, 6.45) is 12.4. The first-order valence-corrected chi connectivity index (χ1v) is 6.61. The maximum Gasteiger partial charge on any atom is 0.0544 e. The largest absolute Gasteiger partial charge is 0.271 e. The lowest BCUT2D eigenvalue weighted by atomic mass is 10.0. The number of nitrogens with one attached hydrogen (secondary N) is 1. The summed E-state index contributed by atoms with van der Waals surface area (Å²) in [5.74, 6) is 5.57. The van der Waals surface area contributed by atoms with Gasteiger partial charge in [0, 0.05) is 12.2 Å². The van der Waals surface area contributed by atoms with Crippen molar-refractivity contribution in [2.45, 2.75) is 57.9 Å². The molecule has 1 aromatic rings. The van der Waals surface area contributed by atoms with E-state index in [1.165, 1.54) is 38.5 Å². The summed E-state index contributed by atoms with van der Waals surface area (Å²) < 4.78 is 0. The zero-order valence-electron chi connectivity index (χ0n) is 10.7. The molecule has 1 heterocycles. The van der Waals surface area contributed by atoms with Crippen LogP contribution in [0.4, 0.5) is 0 Å². The Hall–Kier alpha value is -1.00. The van der Waals surface area contributed by atoms with Crippen LogP contribution in [0.15, 0.2) is 18.5 Å². The fourth-order valence-corrected chi connectivity index (χ4v) is 1.98. The third kappa shape index (κ3) is 5.75. The normalized spacial score (nSPS) is 12.6. The molecule has 0 spiro atoms. The van der Waals surface area contributed by atoms with Crippen molar-refractivity contribution < 1.29 is 0 Å². The Labute approximate surface area is 104 Å². The van der Waals surface area contributed by atoms with E-state index in [2.05, 4.69) is 22.5 Å². The second-order valence-corrected chi connectivity index (χ2v) is 4.45. The van der Waals surface area contributed by atoms with Crippen LogP contribution in [0.1, 0.15) is 63.5 Å². The fraction of sp³-hybridized carbons (Fsp3) is 0.692. The van der Waals surface area contributed by atoms with E-state index in [0.29, 0.717) is 0 Å². The highest BCUT2D eigenvalue weighted by molar-refractivity contribution is 5.10. The lowest BCUT2D eigenvalue weighted by Gasteiger charge is -2.15. The first kappa shape index (κ1) is 14.1. The van der Waals surface area contributed by atoms with Crippen LogP contribution in [-0.4, -0.2) is 10.2 Å². The average molecular weight is 236 g/mol. The maximum atomic E-state index is 5.57. The lowest BCUT2D eigenvalue weighted by molar-refractivity contribution is 0.475. The molecule has 0 radical (unpaired) electrons. The van der Waals surface area contributed by atoms with Crippen LogP contribution in [0, 0.1) is 0 Å². The van der Waals surface area contributed by atoms with Crippen molar-refractivity contribution in [3.8, 4) is 0 Å². The van der Waals surface area contributed by atoms with E-state index in [1.54, 1.807) is 12.4 Å². The van der Waals surface area contributed by atoms with E-state index in [-0.39, 0.29) is 6.04 Å². The molecule has 4 heteroatoms. The molecule has 4 nitrogen and oxygen atoms in total. The summed E-state index contributed by atoms with van der Waals surface area (Å²) in [5.41, 5.74) is 3.97. The molecule has 3 N–H and O–H groups in total. The minimum atomic E-state index is 0.205. The highest BCUT2D eigenvalue weighted by atomic mass is 15.2. The van der Waals surface area contributed by atoms with Gasteiger partial charge in [-0.05, 0) is 18.1 Å². The first-order valence-electron chi connectivity index (χ1n) is 6.61. The van der Waals surface area contributed by atoms with Crippen molar-refractivity contribution in [2.24, 2.45) is 5.84 Å². The third-order valence-electron chi connectivity index (χ3n) is 3.06. The number of rotatable bonds is 9. The lowest BCUT2D eigenvalue weighted by Crippen LogP contribution is -2.28. The topological polar surface area (TPSA) is 63.8 Å². The first-order chi connectivity index (χ1) is 8.38. The minimum Gasteiger partial charge on any atom is -0.271 e. The fourth-order valence-electron chi connectivity index (χ4n) is 1.98. The minimum absolute atomic E-state index is 0.205. The van der Waals surface area contributed by atoms with Gasteiger partial charge < -0.3 is 0 Å². The highest BCUT2D eigenvalue weighted by Gasteiger charge is 2.08. The molecule has 0 amide bonds. The van der Waals surface area contributed by atoms with E-state index in [4.69, 9.17) is 5.84 Å². The van der Waals surface area contributed by atoms with Crippen LogP contribution in [0.5, 0.6) is 0 Å². The Morgan fingerprint density at radius 3 is 2.59 bits per heavy atom. The summed E-state index contributed by atoms with van der Waals surface area (Å²) >= 11 is 0. The van der Waals surface area contributed by atoms with E-state index < -0.39 is 0 Å². The summed E-state index contributed by atoms with van der Waals surface area (Å²) in [6.45, 7) is 2.24. The number of hydrogen-bond donors (Lipinski definition) is 2. The van der Waals surface area contributed by atoms with E-state index in [0.717, 1.165) is 12.0 Å². The summed E-state index contributed by atoms with van der Waals surface area (Å²) in [4.78, 5) is 0. The van der Waals surface area contributed by atoms with Crippen molar-refractivity contribution in [1.29, 1.82) is 0 Å². The molecule has 0 fully saturated rings. The van der Waals surface area contributed by atoms with Gasteiger partial charge >= 0.3 is 0 Å². The summed E-state index contributed by atoms with van der Waals surface area (Å²) in [5, 5.41) is 7.65. The van der Waals surface area contributed by atoms with E-state index in [1.807, 2.05) is 6.07 Å². The van der Waals surface area contributed by atoms with E-state index in [9.17, 15) is 0 Å². The Kier molecular flexibility index (Phi) is 7.51. The number of hydrogen-bond acceptors (Lipinski definition) is 4. The molecule has 1 atom stereocenters. The third-order valence-corrected chi connectivity index (χ3v) is 3.06. The highest BCUT2D eigenvalue weighted by Crippen LogP contribution is 2.18. The van der Waals surface area contributed by atoms with Gasteiger partial charge in [0.05, 0.1) is 6.20 Å². The van der Waals surface area contributed by atoms with Gasteiger partial charge in [-0.1, -0.05) is 45.4 Å². The van der Waals surface area contributed by atoms with Crippen LogP contribution >= 0.6 is 0 Å². The van der Waals surface area contributed by atoms with Crippen molar-refractivity contribution >= 4 is 0 Å². The monoisotopic (exact) mass is 236 g/mol. The Morgan fingerprint density at radius 2 is 1.94 bits per heavy atom. The van der Waals surface area contributed by atoms with Crippen LogP contribution in [0.25, 0.3) is 0 Å². The van der Waals surface area contributed by atoms with E-state index >= 15 is 0 Å². The van der Waals surface area contributed by atoms with Gasteiger partial charge in [0.15, 0.2) is 0 Å².